The third kappa shape index (κ3) is 1.80. The molecule has 0 fully saturated rings. The largest absolute Gasteiger partial charge is 0.303 e. The van der Waals surface area contributed by atoms with Crippen molar-refractivity contribution in [2.24, 2.45) is 0 Å². The van der Waals surface area contributed by atoms with Crippen molar-refractivity contribution in [1.29, 1.82) is 5.26 Å². The van der Waals surface area contributed by atoms with E-state index < -0.39 is 0 Å². The molecule has 80 valence electrons. The van der Waals surface area contributed by atoms with Crippen molar-refractivity contribution in [3.8, 4) is 11.8 Å². The van der Waals surface area contributed by atoms with Gasteiger partial charge in [-0.25, -0.2) is 4.98 Å². The van der Waals surface area contributed by atoms with Crippen LogP contribution in [0.3, 0.4) is 0 Å². The Bertz CT molecular complexity index is 552. The van der Waals surface area contributed by atoms with E-state index in [0.717, 1.165) is 17.1 Å². The molecule has 2 aromatic rings. The van der Waals surface area contributed by atoms with E-state index in [4.69, 9.17) is 16.9 Å². The molecular formula is C12H10ClN3. The highest BCUT2D eigenvalue weighted by atomic mass is 35.5. The summed E-state index contributed by atoms with van der Waals surface area (Å²) in [4.78, 5) is 4.14. The maximum Gasteiger partial charge on any atom is 0.110 e. The molecule has 0 N–H and O–H groups in total. The van der Waals surface area contributed by atoms with Crippen molar-refractivity contribution in [3.63, 3.8) is 0 Å². The van der Waals surface area contributed by atoms with Crippen LogP contribution in [-0.4, -0.2) is 9.55 Å². The first-order chi connectivity index (χ1) is 7.76. The molecule has 0 radical (unpaired) electrons. The van der Waals surface area contributed by atoms with Crippen molar-refractivity contribution < 1.29 is 0 Å². The third-order valence-corrected chi connectivity index (χ3v) is 2.73. The summed E-state index contributed by atoms with van der Waals surface area (Å²) >= 11 is 5.74. The highest BCUT2D eigenvalue weighted by Crippen LogP contribution is 2.18. The van der Waals surface area contributed by atoms with Crippen LogP contribution in [0.5, 0.6) is 0 Å². The SMILES string of the molecule is Cc1nccn1-c1ccc(CCl)cc1C#N. The van der Waals surface area contributed by atoms with Gasteiger partial charge in [-0.1, -0.05) is 6.07 Å². The molecule has 3 nitrogen and oxygen atoms in total. The van der Waals surface area contributed by atoms with Gasteiger partial charge < -0.3 is 4.57 Å². The Balaban J connectivity index is 2.59. The summed E-state index contributed by atoms with van der Waals surface area (Å²) in [5.41, 5.74) is 2.39. The van der Waals surface area contributed by atoms with Crippen LogP contribution in [0.25, 0.3) is 5.69 Å². The van der Waals surface area contributed by atoms with Crippen molar-refractivity contribution in [1.82, 2.24) is 9.55 Å². The Morgan fingerprint density at radius 2 is 2.31 bits per heavy atom. The minimum atomic E-state index is 0.415. The molecule has 0 amide bonds. The zero-order valence-corrected chi connectivity index (χ0v) is 9.57. The van der Waals surface area contributed by atoms with E-state index in [9.17, 15) is 0 Å². The quantitative estimate of drug-likeness (QED) is 0.746. The molecule has 1 aromatic heterocycles. The molecular weight excluding hydrogens is 222 g/mol. The number of hydrogen-bond donors (Lipinski definition) is 0. The number of hydrogen-bond acceptors (Lipinski definition) is 2. The van der Waals surface area contributed by atoms with E-state index in [0.29, 0.717) is 11.4 Å². The fraction of sp³-hybridized carbons (Fsp3) is 0.167. The van der Waals surface area contributed by atoms with E-state index in [1.165, 1.54) is 0 Å². The molecule has 1 heterocycles. The molecule has 0 aliphatic heterocycles. The molecule has 0 saturated heterocycles. The van der Waals surface area contributed by atoms with E-state index >= 15 is 0 Å². The van der Waals surface area contributed by atoms with Crippen molar-refractivity contribution >= 4 is 11.6 Å². The summed E-state index contributed by atoms with van der Waals surface area (Å²) in [6.07, 6.45) is 3.55. The van der Waals surface area contributed by atoms with Gasteiger partial charge in [0.2, 0.25) is 0 Å². The molecule has 0 aliphatic rings. The standard InChI is InChI=1S/C12H10ClN3/c1-9-15-4-5-16(9)12-3-2-10(7-13)6-11(12)8-14/h2-6H,7H2,1H3. The lowest BCUT2D eigenvalue weighted by Crippen LogP contribution is -1.99. The van der Waals surface area contributed by atoms with Crippen LogP contribution in [0, 0.1) is 18.3 Å². The Morgan fingerprint density at radius 3 is 2.88 bits per heavy atom. The van der Waals surface area contributed by atoms with E-state index in [1.807, 2.05) is 35.9 Å². The fourth-order valence-electron chi connectivity index (χ4n) is 1.60. The smallest absolute Gasteiger partial charge is 0.110 e. The van der Waals surface area contributed by atoms with Crippen LogP contribution in [0.4, 0.5) is 0 Å². The second-order valence-corrected chi connectivity index (χ2v) is 3.71. The number of aromatic nitrogens is 2. The number of aryl methyl sites for hydroxylation is 1. The second kappa shape index (κ2) is 4.38. The van der Waals surface area contributed by atoms with Crippen LogP contribution in [0.1, 0.15) is 17.0 Å². The summed E-state index contributed by atoms with van der Waals surface area (Å²) in [6.45, 7) is 1.90. The highest BCUT2D eigenvalue weighted by molar-refractivity contribution is 6.17. The molecule has 0 bridgehead atoms. The van der Waals surface area contributed by atoms with Gasteiger partial charge in [-0.15, -0.1) is 11.6 Å². The van der Waals surface area contributed by atoms with Gasteiger partial charge in [-0.2, -0.15) is 5.26 Å². The van der Waals surface area contributed by atoms with Gasteiger partial charge in [0.25, 0.3) is 0 Å². The lowest BCUT2D eigenvalue weighted by atomic mass is 10.1. The van der Waals surface area contributed by atoms with E-state index in [-0.39, 0.29) is 0 Å². The first-order valence-corrected chi connectivity index (χ1v) is 5.39. The maximum absolute atomic E-state index is 9.10. The van der Waals surface area contributed by atoms with Gasteiger partial charge in [-0.3, -0.25) is 0 Å². The Kier molecular flexibility index (Phi) is 2.93. The lowest BCUT2D eigenvalue weighted by Gasteiger charge is -2.08. The number of halogens is 1. The number of nitriles is 1. The average molecular weight is 232 g/mol. The van der Waals surface area contributed by atoms with Crippen LogP contribution >= 0.6 is 11.6 Å². The first kappa shape index (κ1) is 10.7. The normalized spacial score (nSPS) is 10.1. The van der Waals surface area contributed by atoms with E-state index in [1.54, 1.807) is 6.20 Å². The molecule has 1 aromatic carbocycles. The molecule has 0 unspecified atom stereocenters. The van der Waals surface area contributed by atoms with Gasteiger partial charge in [-0.05, 0) is 24.6 Å². The summed E-state index contributed by atoms with van der Waals surface area (Å²) in [6, 6.07) is 7.80. The maximum atomic E-state index is 9.10. The van der Waals surface area contributed by atoms with Gasteiger partial charge in [0.1, 0.15) is 11.9 Å². The molecule has 2 rings (SSSR count). The van der Waals surface area contributed by atoms with Crippen molar-refractivity contribution in [2.75, 3.05) is 0 Å². The minimum absolute atomic E-state index is 0.415. The number of benzene rings is 1. The van der Waals surface area contributed by atoms with Gasteiger partial charge >= 0.3 is 0 Å². The van der Waals surface area contributed by atoms with Crippen LogP contribution in [0.2, 0.25) is 0 Å². The second-order valence-electron chi connectivity index (χ2n) is 3.44. The van der Waals surface area contributed by atoms with Crippen molar-refractivity contribution in [3.05, 3.63) is 47.5 Å². The van der Waals surface area contributed by atoms with Gasteiger partial charge in [0, 0.05) is 18.3 Å². The fourth-order valence-corrected chi connectivity index (χ4v) is 1.76. The Morgan fingerprint density at radius 1 is 1.50 bits per heavy atom. The topological polar surface area (TPSA) is 41.6 Å². The zero-order valence-electron chi connectivity index (χ0n) is 8.81. The number of rotatable bonds is 2. The molecule has 0 aliphatic carbocycles. The van der Waals surface area contributed by atoms with Crippen molar-refractivity contribution in [2.45, 2.75) is 12.8 Å². The van der Waals surface area contributed by atoms with E-state index in [2.05, 4.69) is 11.1 Å². The highest BCUT2D eigenvalue weighted by Gasteiger charge is 2.07. The van der Waals surface area contributed by atoms with Crippen LogP contribution < -0.4 is 0 Å². The average Bonchev–Trinajstić information content (AvgIpc) is 2.74. The molecule has 0 saturated carbocycles. The predicted octanol–water partition coefficient (Wildman–Crippen LogP) is 2.79. The van der Waals surface area contributed by atoms with Crippen LogP contribution in [0.15, 0.2) is 30.6 Å². The molecule has 0 spiro atoms. The Hall–Kier alpha value is -1.79. The summed E-state index contributed by atoms with van der Waals surface area (Å²) in [5.74, 6) is 1.27. The summed E-state index contributed by atoms with van der Waals surface area (Å²) in [7, 11) is 0. The Labute approximate surface area is 98.9 Å². The summed E-state index contributed by atoms with van der Waals surface area (Å²) in [5, 5.41) is 9.10. The summed E-state index contributed by atoms with van der Waals surface area (Å²) < 4.78 is 1.89. The monoisotopic (exact) mass is 231 g/mol. The number of imidazole rings is 1. The first-order valence-electron chi connectivity index (χ1n) is 4.85. The van der Waals surface area contributed by atoms with Gasteiger partial charge in [0.15, 0.2) is 0 Å². The lowest BCUT2D eigenvalue weighted by molar-refractivity contribution is 0.969. The zero-order chi connectivity index (χ0) is 11.5. The number of alkyl halides is 1. The van der Waals surface area contributed by atoms with Gasteiger partial charge in [0.05, 0.1) is 11.3 Å². The minimum Gasteiger partial charge on any atom is -0.303 e. The third-order valence-electron chi connectivity index (χ3n) is 2.42. The van der Waals surface area contributed by atoms with Crippen LogP contribution in [-0.2, 0) is 5.88 Å². The predicted molar refractivity (Wildman–Crippen MR) is 62.6 cm³/mol. The molecule has 4 heteroatoms. The molecule has 16 heavy (non-hydrogen) atoms. The number of nitrogens with zero attached hydrogens (tertiary/aromatic N) is 3. The molecule has 0 atom stereocenters.